The van der Waals surface area contributed by atoms with Crippen molar-refractivity contribution in [1.29, 1.82) is 0 Å². The number of carbonyl (C=O) groups excluding carboxylic acids is 1. The Morgan fingerprint density at radius 1 is 1.67 bits per heavy atom. The second-order valence-electron chi connectivity index (χ2n) is 3.41. The molecule has 1 aliphatic rings. The first-order valence-electron chi connectivity index (χ1n) is 4.74. The number of hydrogen-bond acceptors (Lipinski definition) is 2. The number of carbonyl (C=O) groups is 1. The van der Waals surface area contributed by atoms with E-state index in [4.69, 9.17) is 0 Å². The molecule has 0 radical (unpaired) electrons. The van der Waals surface area contributed by atoms with Gasteiger partial charge in [0, 0.05) is 20.1 Å². The first kappa shape index (κ1) is 9.52. The fourth-order valence-electron chi connectivity index (χ4n) is 1.50. The second-order valence-corrected chi connectivity index (χ2v) is 3.41. The van der Waals surface area contributed by atoms with Crippen LogP contribution in [-0.2, 0) is 4.79 Å². The molecule has 1 aliphatic heterocycles. The molecule has 0 unspecified atom stereocenters. The van der Waals surface area contributed by atoms with Crippen LogP contribution in [0, 0.1) is 0 Å². The number of hydrogen-bond donors (Lipinski definition) is 1. The molecule has 3 nitrogen and oxygen atoms in total. The van der Waals surface area contributed by atoms with Crippen LogP contribution >= 0.6 is 0 Å². The van der Waals surface area contributed by atoms with Gasteiger partial charge in [-0.2, -0.15) is 0 Å². The van der Waals surface area contributed by atoms with Gasteiger partial charge >= 0.3 is 0 Å². The van der Waals surface area contributed by atoms with Crippen LogP contribution in [0.15, 0.2) is 0 Å². The predicted molar refractivity (Wildman–Crippen MR) is 49.0 cm³/mol. The highest BCUT2D eigenvalue weighted by Crippen LogP contribution is 2.06. The van der Waals surface area contributed by atoms with Gasteiger partial charge in [0.25, 0.3) is 0 Å². The molecule has 1 rings (SSSR count). The molecule has 1 amide bonds. The minimum atomic E-state index is 0.0868. The topological polar surface area (TPSA) is 32.3 Å². The van der Waals surface area contributed by atoms with Crippen molar-refractivity contribution in [3.63, 3.8) is 0 Å². The number of nitrogens with one attached hydrogen (secondary N) is 1. The van der Waals surface area contributed by atoms with E-state index in [2.05, 4.69) is 12.2 Å². The van der Waals surface area contributed by atoms with Gasteiger partial charge in [-0.1, -0.05) is 19.8 Å². The van der Waals surface area contributed by atoms with Crippen LogP contribution in [0.2, 0.25) is 0 Å². The van der Waals surface area contributed by atoms with Crippen LogP contribution in [0.5, 0.6) is 0 Å². The number of amides is 1. The minimum absolute atomic E-state index is 0.0868. The Labute approximate surface area is 74.1 Å². The Bertz CT molecular complexity index is 159. The fourth-order valence-corrected chi connectivity index (χ4v) is 1.50. The predicted octanol–water partition coefficient (Wildman–Crippen LogP) is 0.607. The standard InChI is InChI=1S/C9H18N2O/c1-3-4-5-8-9(12)11(2)7-6-10-8/h8,10H,3-7H2,1-2H3/t8-/m0/s1. The third-order valence-corrected chi connectivity index (χ3v) is 2.36. The summed E-state index contributed by atoms with van der Waals surface area (Å²) in [7, 11) is 1.88. The number of piperazine rings is 1. The number of nitrogens with zero attached hydrogens (tertiary/aromatic N) is 1. The van der Waals surface area contributed by atoms with Crippen LogP contribution in [0.1, 0.15) is 26.2 Å². The van der Waals surface area contributed by atoms with Crippen molar-refractivity contribution < 1.29 is 4.79 Å². The van der Waals surface area contributed by atoms with E-state index in [1.165, 1.54) is 0 Å². The van der Waals surface area contributed by atoms with Crippen LogP contribution in [-0.4, -0.2) is 37.0 Å². The van der Waals surface area contributed by atoms with Gasteiger partial charge < -0.3 is 10.2 Å². The summed E-state index contributed by atoms with van der Waals surface area (Å²) >= 11 is 0. The van der Waals surface area contributed by atoms with Crippen molar-refractivity contribution in [3.05, 3.63) is 0 Å². The minimum Gasteiger partial charge on any atom is -0.343 e. The average Bonchev–Trinajstić information content (AvgIpc) is 2.08. The highest BCUT2D eigenvalue weighted by atomic mass is 16.2. The van der Waals surface area contributed by atoms with E-state index in [1.54, 1.807) is 0 Å². The molecule has 70 valence electrons. The van der Waals surface area contributed by atoms with Crippen LogP contribution in [0.25, 0.3) is 0 Å². The Hall–Kier alpha value is -0.570. The maximum atomic E-state index is 11.5. The van der Waals surface area contributed by atoms with Gasteiger partial charge in [0.2, 0.25) is 5.91 Å². The summed E-state index contributed by atoms with van der Waals surface area (Å²) < 4.78 is 0. The molecule has 0 aromatic rings. The SMILES string of the molecule is CCCC[C@@H]1NCCN(C)C1=O. The summed E-state index contributed by atoms with van der Waals surface area (Å²) in [6.45, 7) is 3.94. The molecule has 3 heteroatoms. The lowest BCUT2D eigenvalue weighted by Crippen LogP contribution is -2.53. The quantitative estimate of drug-likeness (QED) is 0.673. The van der Waals surface area contributed by atoms with Crippen molar-refractivity contribution in [1.82, 2.24) is 10.2 Å². The van der Waals surface area contributed by atoms with Crippen molar-refractivity contribution in [2.75, 3.05) is 20.1 Å². The van der Waals surface area contributed by atoms with E-state index in [0.29, 0.717) is 0 Å². The van der Waals surface area contributed by atoms with Gasteiger partial charge in [0.05, 0.1) is 6.04 Å². The van der Waals surface area contributed by atoms with E-state index < -0.39 is 0 Å². The zero-order valence-electron chi connectivity index (χ0n) is 7.97. The Balaban J connectivity index is 2.36. The number of unbranched alkanes of at least 4 members (excludes halogenated alkanes) is 1. The van der Waals surface area contributed by atoms with Crippen LogP contribution < -0.4 is 5.32 Å². The fraction of sp³-hybridized carbons (Fsp3) is 0.889. The molecule has 0 aromatic heterocycles. The third-order valence-electron chi connectivity index (χ3n) is 2.36. The zero-order valence-corrected chi connectivity index (χ0v) is 7.97. The smallest absolute Gasteiger partial charge is 0.239 e. The Morgan fingerprint density at radius 2 is 2.42 bits per heavy atom. The maximum absolute atomic E-state index is 11.5. The Morgan fingerprint density at radius 3 is 3.08 bits per heavy atom. The van der Waals surface area contributed by atoms with Crippen molar-refractivity contribution in [2.45, 2.75) is 32.2 Å². The lowest BCUT2D eigenvalue weighted by atomic mass is 10.1. The molecule has 12 heavy (non-hydrogen) atoms. The van der Waals surface area contributed by atoms with Crippen molar-refractivity contribution in [2.24, 2.45) is 0 Å². The molecule has 1 atom stereocenters. The van der Waals surface area contributed by atoms with Crippen LogP contribution in [0.4, 0.5) is 0 Å². The molecule has 0 aromatic carbocycles. The van der Waals surface area contributed by atoms with E-state index in [-0.39, 0.29) is 11.9 Å². The first-order valence-corrected chi connectivity index (χ1v) is 4.74. The molecule has 1 N–H and O–H groups in total. The number of likely N-dealkylation sites (N-methyl/N-ethyl adjacent to an activating group) is 1. The number of rotatable bonds is 3. The lowest BCUT2D eigenvalue weighted by molar-refractivity contribution is -0.134. The molecule has 1 fully saturated rings. The molecule has 0 spiro atoms. The maximum Gasteiger partial charge on any atom is 0.239 e. The van der Waals surface area contributed by atoms with Gasteiger partial charge in [-0.3, -0.25) is 4.79 Å². The second kappa shape index (κ2) is 4.45. The highest BCUT2D eigenvalue weighted by molar-refractivity contribution is 5.82. The molecular weight excluding hydrogens is 152 g/mol. The summed E-state index contributed by atoms with van der Waals surface area (Å²) in [5.74, 6) is 0.259. The van der Waals surface area contributed by atoms with E-state index >= 15 is 0 Å². The summed E-state index contributed by atoms with van der Waals surface area (Å²) in [6.07, 6.45) is 3.28. The summed E-state index contributed by atoms with van der Waals surface area (Å²) in [5, 5.41) is 3.24. The van der Waals surface area contributed by atoms with Gasteiger partial charge in [-0.05, 0) is 6.42 Å². The molecule has 1 heterocycles. The van der Waals surface area contributed by atoms with Gasteiger partial charge in [-0.15, -0.1) is 0 Å². The molecule has 0 aliphatic carbocycles. The summed E-state index contributed by atoms with van der Waals surface area (Å²) in [4.78, 5) is 13.3. The zero-order chi connectivity index (χ0) is 8.97. The largest absolute Gasteiger partial charge is 0.343 e. The Kier molecular flexibility index (Phi) is 3.53. The van der Waals surface area contributed by atoms with E-state index in [9.17, 15) is 4.79 Å². The van der Waals surface area contributed by atoms with Crippen LogP contribution in [0.3, 0.4) is 0 Å². The van der Waals surface area contributed by atoms with Crippen molar-refractivity contribution >= 4 is 5.91 Å². The van der Waals surface area contributed by atoms with Crippen molar-refractivity contribution in [3.8, 4) is 0 Å². The average molecular weight is 170 g/mol. The molecular formula is C9H18N2O. The molecule has 0 saturated carbocycles. The molecule has 1 saturated heterocycles. The van der Waals surface area contributed by atoms with Gasteiger partial charge in [-0.25, -0.2) is 0 Å². The highest BCUT2D eigenvalue weighted by Gasteiger charge is 2.24. The van der Waals surface area contributed by atoms with Gasteiger partial charge in [0.15, 0.2) is 0 Å². The molecule has 0 bridgehead atoms. The lowest BCUT2D eigenvalue weighted by Gasteiger charge is -2.30. The third kappa shape index (κ3) is 2.21. The monoisotopic (exact) mass is 170 g/mol. The van der Waals surface area contributed by atoms with Gasteiger partial charge in [0.1, 0.15) is 0 Å². The van der Waals surface area contributed by atoms with E-state index in [0.717, 1.165) is 32.4 Å². The first-order chi connectivity index (χ1) is 5.75. The summed E-state index contributed by atoms with van der Waals surface area (Å²) in [5.41, 5.74) is 0. The van der Waals surface area contributed by atoms with E-state index in [1.807, 2.05) is 11.9 Å². The normalized spacial score (nSPS) is 24.7. The summed E-state index contributed by atoms with van der Waals surface area (Å²) in [6, 6.07) is 0.0868.